The second-order valence-electron chi connectivity index (χ2n) is 4.11. The van der Waals surface area contributed by atoms with Crippen LogP contribution in [-0.4, -0.2) is 20.6 Å². The SMILES string of the molecule is COc1cccc(CNS(=O)(=O)c2cc(CO)cs2)c1. The van der Waals surface area contributed by atoms with Gasteiger partial charge in [0.25, 0.3) is 0 Å². The molecule has 2 N–H and O–H groups in total. The summed E-state index contributed by atoms with van der Waals surface area (Å²) < 4.78 is 32.0. The third kappa shape index (κ3) is 3.57. The first-order valence-electron chi connectivity index (χ1n) is 5.86. The summed E-state index contributed by atoms with van der Waals surface area (Å²) in [7, 11) is -1.99. The zero-order chi connectivity index (χ0) is 14.6. The molecule has 2 rings (SSSR count). The largest absolute Gasteiger partial charge is 0.497 e. The van der Waals surface area contributed by atoms with Gasteiger partial charge in [-0.15, -0.1) is 11.3 Å². The van der Waals surface area contributed by atoms with Crippen LogP contribution in [-0.2, 0) is 23.2 Å². The highest BCUT2D eigenvalue weighted by Gasteiger charge is 2.16. The first-order valence-corrected chi connectivity index (χ1v) is 8.22. The van der Waals surface area contributed by atoms with Crippen molar-refractivity contribution in [1.82, 2.24) is 4.72 Å². The molecule has 0 spiro atoms. The predicted molar refractivity (Wildman–Crippen MR) is 77.3 cm³/mol. The molecule has 0 unspecified atom stereocenters. The summed E-state index contributed by atoms with van der Waals surface area (Å²) in [5, 5.41) is 10.6. The Morgan fingerprint density at radius 2 is 2.10 bits per heavy atom. The number of nitrogens with one attached hydrogen (secondary N) is 1. The molecule has 0 atom stereocenters. The zero-order valence-corrected chi connectivity index (χ0v) is 12.5. The Labute approximate surface area is 121 Å². The minimum absolute atomic E-state index is 0.165. The van der Waals surface area contributed by atoms with Crippen LogP contribution in [0.1, 0.15) is 11.1 Å². The van der Waals surface area contributed by atoms with Crippen LogP contribution >= 0.6 is 11.3 Å². The second-order valence-corrected chi connectivity index (χ2v) is 7.01. The lowest BCUT2D eigenvalue weighted by atomic mass is 10.2. The summed E-state index contributed by atoms with van der Waals surface area (Å²) in [4.78, 5) is 0. The number of sulfonamides is 1. The number of aliphatic hydroxyl groups is 1. The summed E-state index contributed by atoms with van der Waals surface area (Å²) in [6.45, 7) is 0.0216. The highest BCUT2D eigenvalue weighted by atomic mass is 32.2. The molecule has 0 saturated heterocycles. The monoisotopic (exact) mass is 313 g/mol. The van der Waals surface area contributed by atoms with Gasteiger partial charge in [-0.3, -0.25) is 0 Å². The summed E-state index contributed by atoms with van der Waals surface area (Å²) in [5.74, 6) is 0.681. The standard InChI is InChI=1S/C13H15NO4S2/c1-18-12-4-2-3-10(5-12)7-14-20(16,17)13-6-11(8-15)9-19-13/h2-6,9,14-15H,7-8H2,1H3. The quantitative estimate of drug-likeness (QED) is 0.851. The van der Waals surface area contributed by atoms with Crippen LogP contribution < -0.4 is 9.46 Å². The fourth-order valence-corrected chi connectivity index (χ4v) is 3.87. The molecule has 5 nitrogen and oxygen atoms in total. The molecular formula is C13H15NO4S2. The van der Waals surface area contributed by atoms with Gasteiger partial charge in [-0.2, -0.15) is 0 Å². The van der Waals surface area contributed by atoms with Crippen molar-refractivity contribution >= 4 is 21.4 Å². The number of benzene rings is 1. The summed E-state index contributed by atoms with van der Waals surface area (Å²) >= 11 is 1.09. The normalized spacial score (nSPS) is 11.5. The van der Waals surface area contributed by atoms with Crippen molar-refractivity contribution in [3.8, 4) is 5.75 Å². The van der Waals surface area contributed by atoms with Crippen molar-refractivity contribution in [1.29, 1.82) is 0 Å². The lowest BCUT2D eigenvalue weighted by molar-refractivity contribution is 0.282. The van der Waals surface area contributed by atoms with Crippen molar-refractivity contribution in [3.05, 3.63) is 46.8 Å². The summed E-state index contributed by atoms with van der Waals surface area (Å²) in [6, 6.07) is 8.66. The zero-order valence-electron chi connectivity index (χ0n) is 10.9. The average Bonchev–Trinajstić information content (AvgIpc) is 2.95. The van der Waals surface area contributed by atoms with Crippen LogP contribution in [0.2, 0.25) is 0 Å². The average molecular weight is 313 g/mol. The smallest absolute Gasteiger partial charge is 0.250 e. The lowest BCUT2D eigenvalue weighted by Crippen LogP contribution is -2.22. The molecule has 0 amide bonds. The molecule has 0 fully saturated rings. The van der Waals surface area contributed by atoms with Crippen molar-refractivity contribution in [3.63, 3.8) is 0 Å². The van der Waals surface area contributed by atoms with E-state index in [2.05, 4.69) is 4.72 Å². The molecule has 0 radical (unpaired) electrons. The molecule has 2 aromatic rings. The van der Waals surface area contributed by atoms with Gasteiger partial charge in [-0.25, -0.2) is 13.1 Å². The summed E-state index contributed by atoms with van der Waals surface area (Å²) in [5.41, 5.74) is 1.41. The third-order valence-corrected chi connectivity index (χ3v) is 5.57. The highest BCUT2D eigenvalue weighted by molar-refractivity contribution is 7.91. The first-order chi connectivity index (χ1) is 9.55. The van der Waals surface area contributed by atoms with E-state index >= 15 is 0 Å². The Morgan fingerprint density at radius 1 is 1.30 bits per heavy atom. The van der Waals surface area contributed by atoms with E-state index in [4.69, 9.17) is 9.84 Å². The minimum Gasteiger partial charge on any atom is -0.497 e. The van der Waals surface area contributed by atoms with E-state index in [-0.39, 0.29) is 17.4 Å². The van der Waals surface area contributed by atoms with Crippen LogP contribution in [0.4, 0.5) is 0 Å². The molecule has 1 aromatic carbocycles. The van der Waals surface area contributed by atoms with Crippen molar-refractivity contribution in [2.75, 3.05) is 7.11 Å². The molecule has 1 aromatic heterocycles. The topological polar surface area (TPSA) is 75.6 Å². The molecule has 20 heavy (non-hydrogen) atoms. The number of ether oxygens (including phenoxy) is 1. The number of aliphatic hydroxyl groups excluding tert-OH is 1. The van der Waals surface area contributed by atoms with Crippen molar-refractivity contribution in [2.45, 2.75) is 17.4 Å². The number of methoxy groups -OCH3 is 1. The second kappa shape index (κ2) is 6.36. The maximum absolute atomic E-state index is 12.1. The van der Waals surface area contributed by atoms with Crippen LogP contribution in [0.5, 0.6) is 5.75 Å². The number of hydrogen-bond donors (Lipinski definition) is 2. The van der Waals surface area contributed by atoms with E-state index < -0.39 is 10.0 Å². The van der Waals surface area contributed by atoms with E-state index in [1.165, 1.54) is 6.07 Å². The predicted octanol–water partition coefficient (Wildman–Crippen LogP) is 1.73. The van der Waals surface area contributed by atoms with E-state index in [1.54, 1.807) is 30.7 Å². The van der Waals surface area contributed by atoms with Gasteiger partial charge in [0.05, 0.1) is 13.7 Å². The van der Waals surface area contributed by atoms with Gasteiger partial charge >= 0.3 is 0 Å². The van der Waals surface area contributed by atoms with Crippen LogP contribution in [0.3, 0.4) is 0 Å². The van der Waals surface area contributed by atoms with E-state index in [0.29, 0.717) is 11.3 Å². The first kappa shape index (κ1) is 15.0. The van der Waals surface area contributed by atoms with Crippen molar-refractivity contribution < 1.29 is 18.3 Å². The van der Waals surface area contributed by atoms with Gasteiger partial charge in [-0.05, 0) is 34.7 Å². The molecule has 0 bridgehead atoms. The Balaban J connectivity index is 2.08. The molecule has 1 heterocycles. The van der Waals surface area contributed by atoms with Gasteiger partial charge < -0.3 is 9.84 Å². The van der Waals surface area contributed by atoms with Crippen LogP contribution in [0.15, 0.2) is 39.9 Å². The third-order valence-electron chi connectivity index (χ3n) is 2.68. The van der Waals surface area contributed by atoms with Crippen LogP contribution in [0, 0.1) is 0 Å². The number of thiophene rings is 1. The molecule has 108 valence electrons. The van der Waals surface area contributed by atoms with Gasteiger partial charge in [-0.1, -0.05) is 12.1 Å². The highest BCUT2D eigenvalue weighted by Crippen LogP contribution is 2.20. The molecule has 0 aliphatic carbocycles. The Morgan fingerprint density at radius 3 is 2.75 bits per heavy atom. The van der Waals surface area contributed by atoms with E-state index in [1.807, 2.05) is 6.07 Å². The Kier molecular flexibility index (Phi) is 4.77. The fourth-order valence-electron chi connectivity index (χ4n) is 1.61. The van der Waals surface area contributed by atoms with Crippen molar-refractivity contribution in [2.24, 2.45) is 0 Å². The van der Waals surface area contributed by atoms with Gasteiger partial charge in [0.2, 0.25) is 10.0 Å². The van der Waals surface area contributed by atoms with Gasteiger partial charge in [0.15, 0.2) is 0 Å². The molecule has 7 heteroatoms. The van der Waals surface area contributed by atoms with E-state index in [0.717, 1.165) is 16.9 Å². The lowest BCUT2D eigenvalue weighted by Gasteiger charge is -2.06. The Hall–Kier alpha value is -1.41. The molecule has 0 aliphatic heterocycles. The minimum atomic E-state index is -3.55. The van der Waals surface area contributed by atoms with Gasteiger partial charge in [0.1, 0.15) is 9.96 Å². The molecule has 0 saturated carbocycles. The molecular weight excluding hydrogens is 298 g/mol. The van der Waals surface area contributed by atoms with Gasteiger partial charge in [0, 0.05) is 6.54 Å². The maximum atomic E-state index is 12.1. The summed E-state index contributed by atoms with van der Waals surface area (Å²) in [6.07, 6.45) is 0. The van der Waals surface area contributed by atoms with E-state index in [9.17, 15) is 8.42 Å². The number of rotatable bonds is 6. The maximum Gasteiger partial charge on any atom is 0.250 e. The molecule has 0 aliphatic rings. The fraction of sp³-hybridized carbons (Fsp3) is 0.231. The Bertz CT molecular complexity index is 679. The van der Waals surface area contributed by atoms with Crippen LogP contribution in [0.25, 0.3) is 0 Å². The number of hydrogen-bond acceptors (Lipinski definition) is 5.